The third-order valence-electron chi connectivity index (χ3n) is 7.46. The molecule has 5 unspecified atom stereocenters. The fourth-order valence-corrected chi connectivity index (χ4v) is 5.24. The van der Waals surface area contributed by atoms with Gasteiger partial charge in [0.25, 0.3) is 5.91 Å². The second kappa shape index (κ2) is 11.6. The maximum absolute atomic E-state index is 14.2. The lowest BCUT2D eigenvalue weighted by Crippen LogP contribution is -2.58. The van der Waals surface area contributed by atoms with E-state index in [4.69, 9.17) is 4.84 Å². The van der Waals surface area contributed by atoms with Gasteiger partial charge in [0.15, 0.2) is 6.10 Å². The van der Waals surface area contributed by atoms with Crippen LogP contribution in [0.15, 0.2) is 0 Å². The maximum Gasteiger partial charge on any atom is 0.251 e. The molecule has 0 aromatic rings. The number of hydroxylamine groups is 1. The zero-order chi connectivity index (χ0) is 22.4. The Morgan fingerprint density at radius 2 is 1.71 bits per heavy atom. The molecular formula is C23H41FN4O3. The van der Waals surface area contributed by atoms with Crippen molar-refractivity contribution in [1.82, 2.24) is 20.6 Å². The number of amides is 2. The van der Waals surface area contributed by atoms with Crippen LogP contribution in [0.1, 0.15) is 65.2 Å². The summed E-state index contributed by atoms with van der Waals surface area (Å²) in [6.45, 7) is 7.57. The summed E-state index contributed by atoms with van der Waals surface area (Å²) < 4.78 is 14.2. The van der Waals surface area contributed by atoms with Crippen molar-refractivity contribution in [2.24, 2.45) is 11.8 Å². The van der Waals surface area contributed by atoms with E-state index in [2.05, 4.69) is 29.7 Å². The first-order valence-corrected chi connectivity index (χ1v) is 12.1. The third-order valence-corrected chi connectivity index (χ3v) is 7.46. The van der Waals surface area contributed by atoms with Crippen LogP contribution in [0, 0.1) is 11.8 Å². The SMILES string of the molecule is CC(=O)N1CCN(C)CC1.CC1CCC(F)C2CC(C(=O)NC3CCCCC3)ONC12. The van der Waals surface area contributed by atoms with Gasteiger partial charge in [-0.25, -0.2) is 4.39 Å². The molecule has 0 aromatic heterocycles. The minimum absolute atomic E-state index is 0.0486. The highest BCUT2D eigenvalue weighted by atomic mass is 19.1. The molecule has 0 spiro atoms. The van der Waals surface area contributed by atoms with Crippen molar-refractivity contribution >= 4 is 11.8 Å². The molecule has 2 heterocycles. The number of likely N-dealkylation sites (N-methyl/N-ethyl adjacent to an activating group) is 1. The largest absolute Gasteiger partial charge is 0.351 e. The summed E-state index contributed by atoms with van der Waals surface area (Å²) in [5.41, 5.74) is 2.97. The van der Waals surface area contributed by atoms with Crippen molar-refractivity contribution in [3.63, 3.8) is 0 Å². The van der Waals surface area contributed by atoms with Gasteiger partial charge < -0.3 is 15.1 Å². The Morgan fingerprint density at radius 1 is 1.03 bits per heavy atom. The molecular weight excluding hydrogens is 399 g/mol. The number of nitrogens with zero attached hydrogens (tertiary/aromatic N) is 2. The van der Waals surface area contributed by atoms with E-state index in [1.807, 2.05) is 4.90 Å². The quantitative estimate of drug-likeness (QED) is 0.689. The van der Waals surface area contributed by atoms with Gasteiger partial charge in [0, 0.05) is 51.1 Å². The van der Waals surface area contributed by atoms with Crippen LogP contribution < -0.4 is 10.8 Å². The molecule has 0 radical (unpaired) electrons. The smallest absolute Gasteiger partial charge is 0.251 e. The van der Waals surface area contributed by atoms with Crippen molar-refractivity contribution in [2.45, 2.75) is 89.6 Å². The molecule has 2 aliphatic carbocycles. The van der Waals surface area contributed by atoms with Crippen LogP contribution in [-0.2, 0) is 14.4 Å². The van der Waals surface area contributed by atoms with E-state index in [1.165, 1.54) is 19.3 Å². The average molecular weight is 441 g/mol. The van der Waals surface area contributed by atoms with Crippen LogP contribution in [0.3, 0.4) is 0 Å². The summed E-state index contributed by atoms with van der Waals surface area (Å²) in [7, 11) is 2.08. The first-order valence-electron chi connectivity index (χ1n) is 12.1. The minimum atomic E-state index is -0.812. The normalized spacial score (nSPS) is 34.8. The second-order valence-corrected chi connectivity index (χ2v) is 9.87. The molecule has 0 bridgehead atoms. The monoisotopic (exact) mass is 440 g/mol. The van der Waals surface area contributed by atoms with Crippen molar-refractivity contribution in [3.8, 4) is 0 Å². The number of hydrogen-bond donors (Lipinski definition) is 2. The van der Waals surface area contributed by atoms with Gasteiger partial charge in [-0.15, -0.1) is 0 Å². The van der Waals surface area contributed by atoms with Gasteiger partial charge in [-0.3, -0.25) is 14.4 Å². The summed E-state index contributed by atoms with van der Waals surface area (Å²) in [5.74, 6) is 0.445. The highest BCUT2D eigenvalue weighted by Crippen LogP contribution is 2.37. The Balaban J connectivity index is 0.000000229. The maximum atomic E-state index is 14.2. The van der Waals surface area contributed by atoms with Crippen molar-refractivity contribution in [1.29, 1.82) is 0 Å². The molecule has 178 valence electrons. The fraction of sp³-hybridized carbons (Fsp3) is 0.913. The highest BCUT2D eigenvalue weighted by molar-refractivity contribution is 5.81. The molecule has 2 N–H and O–H groups in total. The van der Waals surface area contributed by atoms with E-state index in [1.54, 1.807) is 6.92 Å². The Morgan fingerprint density at radius 3 is 2.35 bits per heavy atom. The van der Waals surface area contributed by atoms with Crippen LogP contribution in [0.25, 0.3) is 0 Å². The second-order valence-electron chi connectivity index (χ2n) is 9.87. The van der Waals surface area contributed by atoms with Gasteiger partial charge in [-0.1, -0.05) is 26.2 Å². The van der Waals surface area contributed by atoms with E-state index in [9.17, 15) is 14.0 Å². The summed E-state index contributed by atoms with van der Waals surface area (Å²) in [5, 5.41) is 3.08. The molecule has 8 heteroatoms. The number of nitrogens with one attached hydrogen (secondary N) is 2. The lowest BCUT2D eigenvalue weighted by Gasteiger charge is -2.44. The summed E-state index contributed by atoms with van der Waals surface area (Å²) in [4.78, 5) is 32.8. The van der Waals surface area contributed by atoms with Crippen molar-refractivity contribution < 1.29 is 18.8 Å². The Kier molecular flexibility index (Phi) is 9.10. The molecule has 4 fully saturated rings. The van der Waals surface area contributed by atoms with Crippen LogP contribution in [0.5, 0.6) is 0 Å². The van der Waals surface area contributed by atoms with Crippen molar-refractivity contribution in [3.05, 3.63) is 0 Å². The molecule has 7 nitrogen and oxygen atoms in total. The Bertz CT molecular complexity index is 593. The number of halogens is 1. The molecule has 4 rings (SSSR count). The fourth-order valence-electron chi connectivity index (χ4n) is 5.24. The molecule has 2 amide bonds. The number of piperazine rings is 1. The van der Waals surface area contributed by atoms with E-state index in [0.717, 1.165) is 45.4 Å². The average Bonchev–Trinajstić information content (AvgIpc) is 2.77. The summed E-state index contributed by atoms with van der Waals surface area (Å²) in [6.07, 6.45) is 6.39. The number of carbonyl (C=O) groups is 2. The lowest BCUT2D eigenvalue weighted by atomic mass is 9.74. The zero-order valence-corrected chi connectivity index (χ0v) is 19.4. The Hall–Kier alpha value is -1.25. The minimum Gasteiger partial charge on any atom is -0.351 e. The van der Waals surface area contributed by atoms with Crippen LogP contribution >= 0.6 is 0 Å². The van der Waals surface area contributed by atoms with Gasteiger partial charge >= 0.3 is 0 Å². The van der Waals surface area contributed by atoms with E-state index in [0.29, 0.717) is 18.8 Å². The zero-order valence-electron chi connectivity index (χ0n) is 19.4. The number of fused-ring (bicyclic) bond motifs is 1. The molecule has 5 atom stereocenters. The summed E-state index contributed by atoms with van der Waals surface area (Å²) in [6, 6.07) is 0.325. The van der Waals surface area contributed by atoms with Gasteiger partial charge in [0.2, 0.25) is 5.91 Å². The van der Waals surface area contributed by atoms with Crippen LogP contribution in [0.4, 0.5) is 4.39 Å². The van der Waals surface area contributed by atoms with Crippen molar-refractivity contribution in [2.75, 3.05) is 33.2 Å². The van der Waals surface area contributed by atoms with Gasteiger partial charge in [0.1, 0.15) is 6.17 Å². The predicted octanol–water partition coefficient (Wildman–Crippen LogP) is 2.26. The van der Waals surface area contributed by atoms with Gasteiger partial charge in [0.05, 0.1) is 0 Å². The molecule has 0 aromatic carbocycles. The predicted molar refractivity (Wildman–Crippen MR) is 118 cm³/mol. The first-order chi connectivity index (χ1) is 14.8. The topological polar surface area (TPSA) is 73.9 Å². The molecule has 2 saturated carbocycles. The molecule has 2 aliphatic heterocycles. The number of hydrogen-bond acceptors (Lipinski definition) is 5. The van der Waals surface area contributed by atoms with E-state index < -0.39 is 12.3 Å². The van der Waals surface area contributed by atoms with Crippen LogP contribution in [-0.4, -0.2) is 79.2 Å². The standard InChI is InChI=1S/C16H27FN2O2.C7H14N2O/c1-10-7-8-13(17)12-9-14(21-19-15(10)12)16(20)18-11-5-3-2-4-6-11;1-7(10)9-5-3-8(2)4-6-9/h10-15,19H,2-9H2,1H3,(H,18,20);3-6H2,1-2H3. The van der Waals surface area contributed by atoms with E-state index in [-0.39, 0.29) is 29.8 Å². The molecule has 31 heavy (non-hydrogen) atoms. The number of rotatable bonds is 2. The highest BCUT2D eigenvalue weighted by Gasteiger charge is 2.44. The Labute approximate surface area is 186 Å². The van der Waals surface area contributed by atoms with Gasteiger partial charge in [-0.05, 0) is 45.1 Å². The summed E-state index contributed by atoms with van der Waals surface area (Å²) >= 11 is 0. The molecule has 2 saturated heterocycles. The number of carbonyl (C=O) groups excluding carboxylic acids is 2. The van der Waals surface area contributed by atoms with E-state index >= 15 is 0 Å². The lowest BCUT2D eigenvalue weighted by molar-refractivity contribution is -0.164. The van der Waals surface area contributed by atoms with Gasteiger partial charge in [-0.2, -0.15) is 5.48 Å². The third kappa shape index (κ3) is 6.86. The van der Waals surface area contributed by atoms with Crippen LogP contribution in [0.2, 0.25) is 0 Å². The first kappa shape index (κ1) is 24.4. The molecule has 4 aliphatic rings. The number of alkyl halides is 1.